The molecule has 0 aromatic heterocycles. The van der Waals surface area contributed by atoms with E-state index in [2.05, 4.69) is 16.7 Å². The van der Waals surface area contributed by atoms with Gasteiger partial charge < -0.3 is 14.8 Å². The molecule has 1 spiro atoms. The summed E-state index contributed by atoms with van der Waals surface area (Å²) in [4.78, 5) is 21.1. The highest BCUT2D eigenvalue weighted by Crippen LogP contribution is 2.66. The van der Waals surface area contributed by atoms with Gasteiger partial charge in [0.1, 0.15) is 5.60 Å². The predicted octanol–water partition coefficient (Wildman–Crippen LogP) is 5.72. The fourth-order valence-corrected chi connectivity index (χ4v) is 7.89. The average molecular weight is 562 g/mol. The van der Waals surface area contributed by atoms with Gasteiger partial charge >= 0.3 is 6.18 Å². The van der Waals surface area contributed by atoms with Crippen molar-refractivity contribution in [3.8, 4) is 11.4 Å². The van der Waals surface area contributed by atoms with Crippen molar-refractivity contribution in [1.82, 2.24) is 9.55 Å². The number of alkyl halides is 3. The number of halogens is 3. The standard InChI is InChI=1S/C32H30F3N3O3/c1-36-29-12-11-22-16-23(27(39)38-18-25-26(38)8-5-14-37-25)9-10-24(22)28(29,17-21-6-3-2-4-7-21)19-30(13-15-41-30)31(40,20-29)32(33,34)35/h2-10,14,16,18,37,40H,1,11-13,15,17,19-20H2. The van der Waals surface area contributed by atoms with Crippen molar-refractivity contribution in [2.75, 3.05) is 6.61 Å². The monoisotopic (exact) mass is 561 g/mol. The van der Waals surface area contributed by atoms with E-state index in [1.807, 2.05) is 54.6 Å². The number of benzene rings is 2. The van der Waals surface area contributed by atoms with Crippen LogP contribution < -0.4 is 0 Å². The Morgan fingerprint density at radius 1 is 1.10 bits per heavy atom. The Morgan fingerprint density at radius 2 is 1.88 bits per heavy atom. The van der Waals surface area contributed by atoms with Crippen LogP contribution in [-0.4, -0.2) is 56.8 Å². The number of aromatic nitrogens is 2. The van der Waals surface area contributed by atoms with Gasteiger partial charge in [-0.15, -0.1) is 0 Å². The van der Waals surface area contributed by atoms with Gasteiger partial charge in [0.05, 0.1) is 23.5 Å². The summed E-state index contributed by atoms with van der Waals surface area (Å²) in [6.45, 7) is 3.98. The number of aryl methyl sites for hydroxylation is 1. The molecule has 212 valence electrons. The lowest BCUT2D eigenvalue weighted by atomic mass is 9.44. The smallest absolute Gasteiger partial charge is 0.378 e. The molecular formula is C32H30F3N3O3. The number of hydrogen-bond acceptors (Lipinski definition) is 4. The topological polar surface area (TPSA) is 79.6 Å². The van der Waals surface area contributed by atoms with E-state index in [4.69, 9.17) is 4.74 Å². The molecular weight excluding hydrogens is 531 g/mol. The first-order valence-corrected chi connectivity index (χ1v) is 13.8. The van der Waals surface area contributed by atoms with E-state index < -0.39 is 34.8 Å². The third-order valence-electron chi connectivity index (χ3n) is 10.1. The van der Waals surface area contributed by atoms with E-state index in [9.17, 15) is 23.1 Å². The van der Waals surface area contributed by atoms with Gasteiger partial charge in [0, 0.05) is 36.2 Å². The highest BCUT2D eigenvalue weighted by atomic mass is 19.4. The molecule has 3 heterocycles. The van der Waals surface area contributed by atoms with E-state index in [0.29, 0.717) is 18.4 Å². The number of carbonyl (C=O) groups is 1. The number of ether oxygens (including phenoxy) is 1. The first-order chi connectivity index (χ1) is 19.6. The molecule has 7 rings (SSSR count). The fraction of sp³-hybridized carbons (Fsp3) is 0.375. The van der Waals surface area contributed by atoms with Crippen LogP contribution in [0, 0.1) is 0 Å². The summed E-state index contributed by atoms with van der Waals surface area (Å²) in [7, 11) is 0. The maximum absolute atomic E-state index is 14.7. The van der Waals surface area contributed by atoms with Crippen molar-refractivity contribution in [2.24, 2.45) is 4.99 Å². The number of aliphatic hydroxyl groups is 1. The number of H-pyrrole nitrogens is 1. The number of nitrogens with zero attached hydrogens (tertiary/aromatic N) is 2. The third-order valence-corrected chi connectivity index (χ3v) is 10.1. The van der Waals surface area contributed by atoms with Crippen LogP contribution >= 0.6 is 0 Å². The van der Waals surface area contributed by atoms with Crippen molar-refractivity contribution in [2.45, 2.75) is 66.9 Å². The van der Waals surface area contributed by atoms with E-state index in [-0.39, 0.29) is 31.8 Å². The first kappa shape index (κ1) is 26.2. The zero-order valence-corrected chi connectivity index (χ0v) is 22.4. The summed E-state index contributed by atoms with van der Waals surface area (Å²) in [6.07, 6.45) is -0.888. The molecule has 5 aliphatic rings. The van der Waals surface area contributed by atoms with Crippen molar-refractivity contribution in [3.05, 3.63) is 95.3 Å². The van der Waals surface area contributed by atoms with Crippen LogP contribution in [0.4, 0.5) is 13.2 Å². The first-order valence-electron chi connectivity index (χ1n) is 13.8. The lowest BCUT2D eigenvalue weighted by Gasteiger charge is -2.67. The normalized spacial score (nSPS) is 30.9. The summed E-state index contributed by atoms with van der Waals surface area (Å²) in [5.41, 5.74) is -2.22. The Hall–Kier alpha value is -3.69. The quantitative estimate of drug-likeness (QED) is 0.313. The SMILES string of the molecule is C=NC12CCc3cc(C(=O)n4cc5[nH]cccc4-5)ccc3C1(Cc1ccccc1)CC1(CCO1)C(O)(C(F)(F)F)C2. The summed E-state index contributed by atoms with van der Waals surface area (Å²) >= 11 is 0. The molecule has 4 atom stereocenters. The molecule has 2 aromatic carbocycles. The Kier molecular flexibility index (Phi) is 5.54. The Morgan fingerprint density at radius 3 is 2.54 bits per heavy atom. The molecule has 2 aromatic rings. The second-order valence-corrected chi connectivity index (χ2v) is 11.9. The predicted molar refractivity (Wildman–Crippen MR) is 148 cm³/mol. The van der Waals surface area contributed by atoms with Gasteiger partial charge in [0.15, 0.2) is 5.60 Å². The zero-order valence-electron chi connectivity index (χ0n) is 22.4. The second-order valence-electron chi connectivity index (χ2n) is 11.9. The zero-order chi connectivity index (χ0) is 28.7. The molecule has 1 saturated carbocycles. The number of fused-ring (bicyclic) bond motifs is 4. The summed E-state index contributed by atoms with van der Waals surface area (Å²) in [6, 6.07) is 18.8. The number of carbonyl (C=O) groups excluding carboxylic acids is 1. The lowest BCUT2D eigenvalue weighted by Crippen LogP contribution is -2.79. The Balaban J connectivity index is 1.39. The number of aromatic amines is 1. The minimum absolute atomic E-state index is 0.0622. The maximum Gasteiger partial charge on any atom is 0.420 e. The molecule has 2 fully saturated rings. The maximum atomic E-state index is 14.7. The highest BCUT2D eigenvalue weighted by Gasteiger charge is 2.78. The molecule has 6 nitrogen and oxygen atoms in total. The van der Waals surface area contributed by atoms with Crippen molar-refractivity contribution < 1.29 is 27.8 Å². The second kappa shape index (κ2) is 8.66. The minimum atomic E-state index is -4.90. The van der Waals surface area contributed by atoms with Gasteiger partial charge in [-0.2, -0.15) is 13.2 Å². The molecule has 1 saturated heterocycles. The van der Waals surface area contributed by atoms with Gasteiger partial charge in [-0.1, -0.05) is 36.4 Å². The Labute approximate surface area is 235 Å². The molecule has 2 N–H and O–H groups in total. The van der Waals surface area contributed by atoms with Crippen molar-refractivity contribution in [3.63, 3.8) is 0 Å². The molecule has 41 heavy (non-hydrogen) atoms. The molecule has 9 heteroatoms. The van der Waals surface area contributed by atoms with Gasteiger partial charge in [-0.25, -0.2) is 0 Å². The average Bonchev–Trinajstić information content (AvgIpc) is 2.92. The van der Waals surface area contributed by atoms with E-state index in [1.165, 1.54) is 0 Å². The van der Waals surface area contributed by atoms with Crippen LogP contribution in [0.1, 0.15) is 52.7 Å². The Bertz CT molecular complexity index is 1620. The molecule has 2 aliphatic carbocycles. The molecule has 3 aliphatic heterocycles. The van der Waals surface area contributed by atoms with E-state index >= 15 is 0 Å². The summed E-state index contributed by atoms with van der Waals surface area (Å²) in [5, 5.41) is 11.4. The number of rotatable bonds is 4. The number of aliphatic imine (C=N–C) groups is 1. The van der Waals surface area contributed by atoms with Crippen molar-refractivity contribution in [1.29, 1.82) is 0 Å². The van der Waals surface area contributed by atoms with Gasteiger partial charge in [-0.05, 0) is 73.4 Å². The van der Waals surface area contributed by atoms with Crippen LogP contribution in [-0.2, 0) is 23.0 Å². The molecule has 0 bridgehead atoms. The van der Waals surface area contributed by atoms with Crippen LogP contribution in [0.25, 0.3) is 11.4 Å². The largest absolute Gasteiger partial charge is 0.420 e. The van der Waals surface area contributed by atoms with E-state index in [1.54, 1.807) is 23.0 Å². The summed E-state index contributed by atoms with van der Waals surface area (Å²) in [5.74, 6) is -0.176. The van der Waals surface area contributed by atoms with Crippen LogP contribution in [0.3, 0.4) is 0 Å². The minimum Gasteiger partial charge on any atom is -0.378 e. The van der Waals surface area contributed by atoms with Gasteiger partial charge in [-0.3, -0.25) is 14.4 Å². The van der Waals surface area contributed by atoms with Crippen LogP contribution in [0.2, 0.25) is 0 Å². The molecule has 0 amide bonds. The van der Waals surface area contributed by atoms with Gasteiger partial charge in [0.25, 0.3) is 5.91 Å². The number of hydrogen-bond donors (Lipinski definition) is 2. The number of nitrogens with one attached hydrogen (secondary N) is 1. The lowest BCUT2D eigenvalue weighted by molar-refractivity contribution is -0.380. The molecule has 4 unspecified atom stereocenters. The third kappa shape index (κ3) is 3.45. The van der Waals surface area contributed by atoms with E-state index in [0.717, 1.165) is 28.1 Å². The number of pyridine rings is 1. The molecule has 0 radical (unpaired) electrons. The summed E-state index contributed by atoms with van der Waals surface area (Å²) < 4.78 is 51.4. The fourth-order valence-electron chi connectivity index (χ4n) is 7.89. The van der Waals surface area contributed by atoms with Gasteiger partial charge in [0.2, 0.25) is 0 Å². The van der Waals surface area contributed by atoms with Crippen LogP contribution in [0.5, 0.6) is 0 Å². The highest BCUT2D eigenvalue weighted by molar-refractivity contribution is 6.00. The van der Waals surface area contributed by atoms with Crippen LogP contribution in [0.15, 0.2) is 78.0 Å². The van der Waals surface area contributed by atoms with Crippen molar-refractivity contribution >= 4 is 12.6 Å².